The number of hydrogen-bond acceptors (Lipinski definition) is 4. The fourth-order valence-corrected chi connectivity index (χ4v) is 3.55. The smallest absolute Gasteiger partial charge is 0.249 e. The number of carbonyl (C=O) groups is 1. The molecule has 4 rings (SSSR count). The second-order valence-electron chi connectivity index (χ2n) is 6.96. The first kappa shape index (κ1) is 23.2. The Kier molecular flexibility index (Phi) is 8.46. The van der Waals surface area contributed by atoms with Crippen LogP contribution in [0.1, 0.15) is 24.0 Å². The van der Waals surface area contributed by atoms with Gasteiger partial charge in [0.15, 0.2) is 0 Å². The molecular formula is C21H26Cl2N4O2. The first-order chi connectivity index (χ1) is 13.2. The Morgan fingerprint density at radius 1 is 1.14 bits per heavy atom. The van der Waals surface area contributed by atoms with Gasteiger partial charge in [0, 0.05) is 19.6 Å². The minimum absolute atomic E-state index is 0. The summed E-state index contributed by atoms with van der Waals surface area (Å²) < 4.78 is 7.78. The highest BCUT2D eigenvalue weighted by Gasteiger charge is 2.29. The zero-order chi connectivity index (χ0) is 18.6. The van der Waals surface area contributed by atoms with Crippen LogP contribution in [0.25, 0.3) is 11.0 Å². The predicted molar refractivity (Wildman–Crippen MR) is 119 cm³/mol. The van der Waals surface area contributed by atoms with E-state index in [0.717, 1.165) is 36.0 Å². The van der Waals surface area contributed by atoms with Crippen molar-refractivity contribution >= 4 is 41.8 Å². The predicted octanol–water partition coefficient (Wildman–Crippen LogP) is 3.05. The molecule has 3 aromatic rings. The van der Waals surface area contributed by atoms with Crippen LogP contribution in [0.4, 0.5) is 0 Å². The zero-order valence-electron chi connectivity index (χ0n) is 16.0. The summed E-state index contributed by atoms with van der Waals surface area (Å²) in [5, 5.41) is 2.98. The summed E-state index contributed by atoms with van der Waals surface area (Å²) in [5.41, 5.74) is 9.95. The number of hydrogen-bond donors (Lipinski definition) is 2. The van der Waals surface area contributed by atoms with Crippen LogP contribution in [-0.2, 0) is 22.6 Å². The highest BCUT2D eigenvalue weighted by Crippen LogP contribution is 2.19. The van der Waals surface area contributed by atoms with E-state index in [4.69, 9.17) is 10.5 Å². The summed E-state index contributed by atoms with van der Waals surface area (Å²) in [6, 6.07) is 16.3. The molecule has 29 heavy (non-hydrogen) atoms. The van der Waals surface area contributed by atoms with Crippen molar-refractivity contribution in [2.24, 2.45) is 5.73 Å². The van der Waals surface area contributed by atoms with Gasteiger partial charge in [0.1, 0.15) is 6.10 Å². The van der Waals surface area contributed by atoms with Crippen LogP contribution in [-0.4, -0.2) is 34.2 Å². The van der Waals surface area contributed by atoms with E-state index in [-0.39, 0.29) is 42.9 Å². The lowest BCUT2D eigenvalue weighted by Crippen LogP contribution is -2.35. The second kappa shape index (κ2) is 10.6. The van der Waals surface area contributed by atoms with E-state index in [0.29, 0.717) is 13.1 Å². The molecule has 0 aliphatic carbocycles. The molecule has 0 saturated carbocycles. The summed E-state index contributed by atoms with van der Waals surface area (Å²) in [4.78, 5) is 16.7. The molecule has 0 radical (unpaired) electrons. The van der Waals surface area contributed by atoms with Gasteiger partial charge < -0.3 is 20.4 Å². The maximum Gasteiger partial charge on any atom is 0.249 e. The second-order valence-corrected chi connectivity index (χ2v) is 6.96. The highest BCUT2D eigenvalue weighted by molar-refractivity contribution is 5.85. The van der Waals surface area contributed by atoms with Crippen molar-refractivity contribution in [3.63, 3.8) is 0 Å². The number of carbonyl (C=O) groups excluding carboxylic acids is 1. The fourth-order valence-electron chi connectivity index (χ4n) is 3.55. The topological polar surface area (TPSA) is 82.2 Å². The fraction of sp³-hybridized carbons (Fsp3) is 0.333. The van der Waals surface area contributed by atoms with Crippen LogP contribution in [0, 0.1) is 0 Å². The lowest BCUT2D eigenvalue weighted by molar-refractivity contribution is -0.132. The van der Waals surface area contributed by atoms with Gasteiger partial charge in [0.2, 0.25) is 5.91 Å². The molecule has 0 spiro atoms. The summed E-state index contributed by atoms with van der Waals surface area (Å²) in [7, 11) is 0. The average Bonchev–Trinajstić information content (AvgIpc) is 3.34. The van der Waals surface area contributed by atoms with Crippen LogP contribution >= 0.6 is 24.8 Å². The highest BCUT2D eigenvalue weighted by atomic mass is 35.5. The van der Waals surface area contributed by atoms with Crippen molar-refractivity contribution in [1.29, 1.82) is 0 Å². The third kappa shape index (κ3) is 5.48. The van der Waals surface area contributed by atoms with Crippen molar-refractivity contribution in [1.82, 2.24) is 14.9 Å². The number of nitrogens with two attached hydrogens (primary N) is 1. The number of nitrogens with one attached hydrogen (secondary N) is 1. The number of imidazole rings is 1. The van der Waals surface area contributed by atoms with Gasteiger partial charge in [0.25, 0.3) is 0 Å². The molecule has 1 aliphatic rings. The molecule has 2 heterocycles. The maximum atomic E-state index is 12.3. The summed E-state index contributed by atoms with van der Waals surface area (Å²) >= 11 is 0. The van der Waals surface area contributed by atoms with Crippen molar-refractivity contribution < 1.29 is 9.53 Å². The van der Waals surface area contributed by atoms with Crippen molar-refractivity contribution in [2.75, 3.05) is 6.54 Å². The number of amides is 1. The van der Waals surface area contributed by atoms with Crippen molar-refractivity contribution in [3.8, 4) is 0 Å². The molecule has 6 nitrogen and oxygen atoms in total. The maximum absolute atomic E-state index is 12.3. The summed E-state index contributed by atoms with van der Waals surface area (Å²) in [5.74, 6) is -0.0584. The zero-order valence-corrected chi connectivity index (χ0v) is 17.6. The van der Waals surface area contributed by atoms with E-state index >= 15 is 0 Å². The van der Waals surface area contributed by atoms with Crippen LogP contribution in [0.2, 0.25) is 0 Å². The van der Waals surface area contributed by atoms with Gasteiger partial charge in [0.05, 0.1) is 23.5 Å². The summed E-state index contributed by atoms with van der Waals surface area (Å²) in [6.45, 7) is 1.70. The van der Waals surface area contributed by atoms with Gasteiger partial charge in [-0.2, -0.15) is 0 Å². The average molecular weight is 437 g/mol. The van der Waals surface area contributed by atoms with Gasteiger partial charge in [-0.25, -0.2) is 4.98 Å². The Hall–Kier alpha value is -2.12. The Balaban J connectivity index is 0.00000150. The minimum atomic E-state index is -0.376. The third-order valence-corrected chi connectivity index (χ3v) is 5.00. The van der Waals surface area contributed by atoms with Crippen LogP contribution in [0.15, 0.2) is 54.9 Å². The SMILES string of the molecule is Cl.Cl.NC[C@H]1CC[C@@H](C(=O)NCc2cccc(Cn3cnc4ccccc43)c2)O1. The molecule has 2 aromatic carbocycles. The number of ether oxygens (including phenoxy) is 1. The molecule has 8 heteroatoms. The van der Waals surface area contributed by atoms with Crippen molar-refractivity contribution in [2.45, 2.75) is 38.1 Å². The molecule has 1 amide bonds. The van der Waals surface area contributed by atoms with Gasteiger partial charge >= 0.3 is 0 Å². The molecule has 1 aromatic heterocycles. The number of rotatable bonds is 6. The molecule has 3 N–H and O–H groups in total. The lowest BCUT2D eigenvalue weighted by atomic mass is 10.1. The number of para-hydroxylation sites is 2. The standard InChI is InChI=1S/C21H24N4O2.2ClH/c22-11-17-8-9-20(27-17)21(26)23-12-15-4-3-5-16(10-15)13-25-14-24-18-6-1-2-7-19(18)25;;/h1-7,10,14,17,20H,8-9,11-13,22H2,(H,23,26);2*1H/t17-,20+;;/m1../s1. The first-order valence-electron chi connectivity index (χ1n) is 9.34. The molecule has 156 valence electrons. The Bertz CT molecular complexity index is 947. The van der Waals surface area contributed by atoms with Gasteiger partial charge in [-0.3, -0.25) is 4.79 Å². The molecule has 2 atom stereocenters. The molecule has 1 aliphatic heterocycles. The van der Waals surface area contributed by atoms with Gasteiger partial charge in [-0.1, -0.05) is 36.4 Å². The number of halogens is 2. The van der Waals surface area contributed by atoms with Crippen LogP contribution in [0.3, 0.4) is 0 Å². The van der Waals surface area contributed by atoms with E-state index in [1.54, 1.807) is 0 Å². The van der Waals surface area contributed by atoms with E-state index in [9.17, 15) is 4.79 Å². The van der Waals surface area contributed by atoms with Gasteiger partial charge in [-0.05, 0) is 36.1 Å². The van der Waals surface area contributed by atoms with E-state index < -0.39 is 0 Å². The van der Waals surface area contributed by atoms with E-state index in [1.807, 2.05) is 36.7 Å². The molecule has 1 saturated heterocycles. The molecule has 0 bridgehead atoms. The first-order valence-corrected chi connectivity index (χ1v) is 9.34. The van der Waals surface area contributed by atoms with E-state index in [1.165, 1.54) is 5.56 Å². The number of aromatic nitrogens is 2. The largest absolute Gasteiger partial charge is 0.364 e. The monoisotopic (exact) mass is 436 g/mol. The quantitative estimate of drug-likeness (QED) is 0.621. The number of nitrogens with zero attached hydrogens (tertiary/aromatic N) is 2. The van der Waals surface area contributed by atoms with Crippen molar-refractivity contribution in [3.05, 3.63) is 66.0 Å². The van der Waals surface area contributed by atoms with Crippen LogP contribution in [0.5, 0.6) is 0 Å². The molecular weight excluding hydrogens is 411 g/mol. The third-order valence-electron chi connectivity index (χ3n) is 5.00. The van der Waals surface area contributed by atoms with Crippen LogP contribution < -0.4 is 11.1 Å². The number of benzene rings is 2. The Morgan fingerprint density at radius 2 is 1.93 bits per heavy atom. The normalized spacial score (nSPS) is 18.1. The van der Waals surface area contributed by atoms with E-state index in [2.05, 4.69) is 33.1 Å². The minimum Gasteiger partial charge on any atom is -0.364 e. The Morgan fingerprint density at radius 3 is 2.72 bits per heavy atom. The molecule has 0 unspecified atom stereocenters. The Labute approximate surface area is 182 Å². The lowest BCUT2D eigenvalue weighted by Gasteiger charge is -2.13. The number of fused-ring (bicyclic) bond motifs is 1. The van der Waals surface area contributed by atoms with Gasteiger partial charge in [-0.15, -0.1) is 24.8 Å². The summed E-state index contributed by atoms with van der Waals surface area (Å²) in [6.07, 6.45) is 3.09. The molecule has 1 fully saturated rings.